The van der Waals surface area contributed by atoms with Crippen LogP contribution in [-0.2, 0) is 11.2 Å². The van der Waals surface area contributed by atoms with Crippen LogP contribution in [0, 0.1) is 5.82 Å². The minimum Gasteiger partial charge on any atom is -0.496 e. The van der Waals surface area contributed by atoms with Gasteiger partial charge in [0.1, 0.15) is 17.4 Å². The predicted octanol–water partition coefficient (Wildman–Crippen LogP) is 5.26. The van der Waals surface area contributed by atoms with E-state index >= 15 is 0 Å². The van der Waals surface area contributed by atoms with Crippen molar-refractivity contribution in [3.8, 4) is 17.1 Å². The third-order valence-electron chi connectivity index (χ3n) is 6.40. The second kappa shape index (κ2) is 9.06. The standard InChI is InChI=1S/C27H26FN3O2/c1-33-25-10-6-5-9-20(25)17-26(32)30-15-13-22(14-16-30)31-24-18-21(28)11-12-23(24)29-27(31)19-7-3-2-4-8-19/h2-12,18,22H,13-17H2,1H3. The number of para-hydroxylation sites is 1. The van der Waals surface area contributed by atoms with Crippen LogP contribution in [0.2, 0.25) is 0 Å². The monoisotopic (exact) mass is 443 g/mol. The molecule has 0 aliphatic carbocycles. The summed E-state index contributed by atoms with van der Waals surface area (Å²) in [5.74, 6) is 1.41. The van der Waals surface area contributed by atoms with E-state index in [9.17, 15) is 9.18 Å². The summed E-state index contributed by atoms with van der Waals surface area (Å²) in [6.07, 6.45) is 1.90. The van der Waals surface area contributed by atoms with Crippen molar-refractivity contribution in [1.29, 1.82) is 0 Å². The number of fused-ring (bicyclic) bond motifs is 1. The third-order valence-corrected chi connectivity index (χ3v) is 6.40. The summed E-state index contributed by atoms with van der Waals surface area (Å²) in [6, 6.07) is 22.5. The minimum absolute atomic E-state index is 0.0998. The number of carbonyl (C=O) groups excluding carboxylic acids is 1. The Bertz CT molecular complexity index is 1280. The Morgan fingerprint density at radius 2 is 1.76 bits per heavy atom. The zero-order valence-electron chi connectivity index (χ0n) is 18.6. The summed E-state index contributed by atoms with van der Waals surface area (Å²) in [4.78, 5) is 19.7. The van der Waals surface area contributed by atoms with Gasteiger partial charge in [-0.15, -0.1) is 0 Å². The quantitative estimate of drug-likeness (QED) is 0.423. The van der Waals surface area contributed by atoms with E-state index in [1.54, 1.807) is 19.2 Å². The van der Waals surface area contributed by atoms with E-state index in [0.29, 0.717) is 19.5 Å². The summed E-state index contributed by atoms with van der Waals surface area (Å²) < 4.78 is 21.7. The molecule has 5 nitrogen and oxygen atoms in total. The van der Waals surface area contributed by atoms with E-state index < -0.39 is 0 Å². The summed E-state index contributed by atoms with van der Waals surface area (Å²) >= 11 is 0. The minimum atomic E-state index is -0.271. The Labute approximate surface area is 192 Å². The van der Waals surface area contributed by atoms with Crippen molar-refractivity contribution in [2.45, 2.75) is 25.3 Å². The first-order valence-corrected chi connectivity index (χ1v) is 11.3. The summed E-state index contributed by atoms with van der Waals surface area (Å²) in [7, 11) is 1.62. The molecule has 1 aliphatic heterocycles. The van der Waals surface area contributed by atoms with Gasteiger partial charge in [-0.1, -0.05) is 48.5 Å². The van der Waals surface area contributed by atoms with Crippen LogP contribution in [0.5, 0.6) is 5.75 Å². The molecule has 1 saturated heterocycles. The van der Waals surface area contributed by atoms with E-state index in [4.69, 9.17) is 9.72 Å². The molecular weight excluding hydrogens is 417 g/mol. The normalized spacial score (nSPS) is 14.5. The number of aromatic nitrogens is 2. The van der Waals surface area contributed by atoms with Gasteiger partial charge in [0.25, 0.3) is 0 Å². The number of benzene rings is 3. The number of piperidine rings is 1. The Balaban J connectivity index is 1.38. The molecule has 0 unspecified atom stereocenters. The second-order valence-corrected chi connectivity index (χ2v) is 8.41. The lowest BCUT2D eigenvalue weighted by Gasteiger charge is -2.34. The molecule has 0 bridgehead atoms. The van der Waals surface area contributed by atoms with Gasteiger partial charge in [0, 0.05) is 30.3 Å². The van der Waals surface area contributed by atoms with E-state index in [-0.39, 0.29) is 17.8 Å². The average Bonchev–Trinajstić information content (AvgIpc) is 3.23. The van der Waals surface area contributed by atoms with Gasteiger partial charge in [-0.2, -0.15) is 0 Å². The molecule has 6 heteroatoms. The summed E-state index contributed by atoms with van der Waals surface area (Å²) in [5, 5.41) is 0. The average molecular weight is 444 g/mol. The summed E-state index contributed by atoms with van der Waals surface area (Å²) in [6.45, 7) is 1.31. The van der Waals surface area contributed by atoms with Crippen LogP contribution in [0.15, 0.2) is 72.8 Å². The van der Waals surface area contributed by atoms with Gasteiger partial charge in [0.05, 0.1) is 24.6 Å². The highest BCUT2D eigenvalue weighted by atomic mass is 19.1. The van der Waals surface area contributed by atoms with Crippen LogP contribution >= 0.6 is 0 Å². The van der Waals surface area contributed by atoms with Crippen LogP contribution in [0.25, 0.3) is 22.4 Å². The number of likely N-dealkylation sites (tertiary alicyclic amines) is 1. The maximum Gasteiger partial charge on any atom is 0.227 e. The maximum atomic E-state index is 14.1. The fourth-order valence-electron chi connectivity index (χ4n) is 4.72. The highest BCUT2D eigenvalue weighted by Gasteiger charge is 2.27. The van der Waals surface area contributed by atoms with Crippen molar-refractivity contribution in [2.75, 3.05) is 20.2 Å². The van der Waals surface area contributed by atoms with Gasteiger partial charge < -0.3 is 14.2 Å². The van der Waals surface area contributed by atoms with Gasteiger partial charge >= 0.3 is 0 Å². The SMILES string of the molecule is COc1ccccc1CC(=O)N1CCC(n2c(-c3ccccc3)nc3ccc(F)cc32)CC1. The highest BCUT2D eigenvalue weighted by molar-refractivity contribution is 5.81. The zero-order valence-corrected chi connectivity index (χ0v) is 18.6. The lowest BCUT2D eigenvalue weighted by Crippen LogP contribution is -2.40. The molecule has 168 valence electrons. The molecule has 2 heterocycles. The van der Waals surface area contributed by atoms with Crippen LogP contribution in [0.3, 0.4) is 0 Å². The number of methoxy groups -OCH3 is 1. The first-order valence-electron chi connectivity index (χ1n) is 11.3. The number of amides is 1. The molecule has 4 aromatic rings. The predicted molar refractivity (Wildman–Crippen MR) is 127 cm³/mol. The van der Waals surface area contributed by atoms with Crippen molar-refractivity contribution in [1.82, 2.24) is 14.5 Å². The Morgan fingerprint density at radius 1 is 1.03 bits per heavy atom. The van der Waals surface area contributed by atoms with Crippen molar-refractivity contribution in [2.24, 2.45) is 0 Å². The van der Waals surface area contributed by atoms with Gasteiger partial charge in [-0.3, -0.25) is 4.79 Å². The molecule has 33 heavy (non-hydrogen) atoms. The number of halogens is 1. The fraction of sp³-hybridized carbons (Fsp3) is 0.259. The largest absolute Gasteiger partial charge is 0.496 e. The molecule has 0 spiro atoms. The van der Waals surface area contributed by atoms with Crippen LogP contribution in [0.1, 0.15) is 24.4 Å². The van der Waals surface area contributed by atoms with Crippen molar-refractivity contribution >= 4 is 16.9 Å². The van der Waals surface area contributed by atoms with E-state index in [1.807, 2.05) is 59.5 Å². The van der Waals surface area contributed by atoms with E-state index in [2.05, 4.69) is 4.57 Å². The van der Waals surface area contributed by atoms with Crippen molar-refractivity contribution in [3.63, 3.8) is 0 Å². The third kappa shape index (κ3) is 4.21. The molecule has 0 N–H and O–H groups in total. The van der Waals surface area contributed by atoms with Gasteiger partial charge in [0.15, 0.2) is 0 Å². The number of carbonyl (C=O) groups is 1. The Hall–Kier alpha value is -3.67. The molecule has 1 aliphatic rings. The number of rotatable bonds is 5. The number of imidazole rings is 1. The molecular formula is C27H26FN3O2. The van der Waals surface area contributed by atoms with Gasteiger partial charge in [0.2, 0.25) is 5.91 Å². The lowest BCUT2D eigenvalue weighted by molar-refractivity contribution is -0.131. The van der Waals surface area contributed by atoms with Gasteiger partial charge in [-0.05, 0) is 37.1 Å². The molecule has 3 aromatic carbocycles. The van der Waals surface area contributed by atoms with Crippen molar-refractivity contribution in [3.05, 3.63) is 84.2 Å². The number of nitrogens with zero attached hydrogens (tertiary/aromatic N) is 3. The van der Waals surface area contributed by atoms with Crippen LogP contribution < -0.4 is 4.74 Å². The zero-order chi connectivity index (χ0) is 22.8. The second-order valence-electron chi connectivity index (χ2n) is 8.41. The molecule has 1 aromatic heterocycles. The van der Waals surface area contributed by atoms with Crippen molar-refractivity contribution < 1.29 is 13.9 Å². The van der Waals surface area contributed by atoms with Crippen LogP contribution in [-0.4, -0.2) is 40.6 Å². The first kappa shape index (κ1) is 21.2. The molecule has 1 fully saturated rings. The molecule has 5 rings (SSSR count). The Kier molecular flexibility index (Phi) is 5.82. The smallest absolute Gasteiger partial charge is 0.227 e. The lowest BCUT2D eigenvalue weighted by atomic mass is 10.0. The molecule has 0 radical (unpaired) electrons. The number of ether oxygens (including phenoxy) is 1. The van der Waals surface area contributed by atoms with Gasteiger partial charge in [-0.25, -0.2) is 9.37 Å². The molecule has 0 saturated carbocycles. The van der Waals surface area contributed by atoms with E-state index in [1.165, 1.54) is 6.07 Å². The highest BCUT2D eigenvalue weighted by Crippen LogP contribution is 2.34. The molecule has 0 atom stereocenters. The van der Waals surface area contributed by atoms with E-state index in [0.717, 1.165) is 46.6 Å². The Morgan fingerprint density at radius 3 is 2.52 bits per heavy atom. The van der Waals surface area contributed by atoms with Crippen LogP contribution in [0.4, 0.5) is 4.39 Å². The number of hydrogen-bond donors (Lipinski definition) is 0. The molecule has 1 amide bonds. The first-order chi connectivity index (χ1) is 16.1. The topological polar surface area (TPSA) is 47.4 Å². The summed E-state index contributed by atoms with van der Waals surface area (Å²) in [5.41, 5.74) is 3.48. The maximum absolute atomic E-state index is 14.1. The number of hydrogen-bond acceptors (Lipinski definition) is 3. The fourth-order valence-corrected chi connectivity index (χ4v) is 4.72.